The lowest BCUT2D eigenvalue weighted by Gasteiger charge is -2.39. The Bertz CT molecular complexity index is 349. The third-order valence-electron chi connectivity index (χ3n) is 5.16. The Morgan fingerprint density at radius 3 is 2.26 bits per heavy atom. The van der Waals surface area contributed by atoms with Crippen molar-refractivity contribution >= 4 is 5.91 Å². The lowest BCUT2D eigenvalue weighted by atomic mass is 9.95. The number of piperazine rings is 1. The highest BCUT2D eigenvalue weighted by atomic mass is 16.3. The van der Waals surface area contributed by atoms with Gasteiger partial charge in [-0.05, 0) is 45.7 Å². The standard InChI is InChI=1S/C17H34N4O2/c1-15(2)21-6-3-16(4-7-21)13-19-8-10-20(11-9-19)14-17(23)18-5-12-22/h15-16,22H,3-14H2,1-2H3,(H,18,23). The van der Waals surface area contributed by atoms with Gasteiger partial charge >= 0.3 is 0 Å². The first-order valence-corrected chi connectivity index (χ1v) is 9.14. The van der Waals surface area contributed by atoms with Crippen molar-refractivity contribution in [2.24, 2.45) is 5.92 Å². The van der Waals surface area contributed by atoms with E-state index in [0.717, 1.165) is 32.1 Å². The maximum atomic E-state index is 11.7. The van der Waals surface area contributed by atoms with Crippen LogP contribution in [0.3, 0.4) is 0 Å². The van der Waals surface area contributed by atoms with Gasteiger partial charge in [0.15, 0.2) is 0 Å². The van der Waals surface area contributed by atoms with Gasteiger partial charge in [-0.2, -0.15) is 0 Å². The molecule has 2 fully saturated rings. The summed E-state index contributed by atoms with van der Waals surface area (Å²) in [7, 11) is 0. The average molecular weight is 326 g/mol. The summed E-state index contributed by atoms with van der Waals surface area (Å²) in [4.78, 5) is 19.0. The molecule has 0 aromatic heterocycles. The topological polar surface area (TPSA) is 59.0 Å². The highest BCUT2D eigenvalue weighted by molar-refractivity contribution is 5.77. The predicted octanol–water partition coefficient (Wildman–Crippen LogP) is -0.167. The molecule has 6 heteroatoms. The van der Waals surface area contributed by atoms with Crippen LogP contribution in [0.1, 0.15) is 26.7 Å². The maximum absolute atomic E-state index is 11.7. The van der Waals surface area contributed by atoms with E-state index in [9.17, 15) is 4.79 Å². The molecule has 0 aliphatic carbocycles. The van der Waals surface area contributed by atoms with E-state index in [0.29, 0.717) is 19.1 Å². The summed E-state index contributed by atoms with van der Waals surface area (Å²) < 4.78 is 0. The molecule has 0 aromatic carbocycles. The summed E-state index contributed by atoms with van der Waals surface area (Å²) in [5.41, 5.74) is 0. The van der Waals surface area contributed by atoms with Crippen molar-refractivity contribution in [1.82, 2.24) is 20.0 Å². The van der Waals surface area contributed by atoms with Crippen LogP contribution in [0.25, 0.3) is 0 Å². The molecule has 0 radical (unpaired) electrons. The number of hydrogen-bond donors (Lipinski definition) is 2. The number of aliphatic hydroxyl groups is 1. The highest BCUT2D eigenvalue weighted by Gasteiger charge is 2.25. The largest absolute Gasteiger partial charge is 0.395 e. The lowest BCUT2D eigenvalue weighted by Crippen LogP contribution is -2.51. The number of likely N-dealkylation sites (tertiary alicyclic amines) is 1. The van der Waals surface area contributed by atoms with Gasteiger partial charge in [0.2, 0.25) is 5.91 Å². The summed E-state index contributed by atoms with van der Waals surface area (Å²) in [6.07, 6.45) is 2.64. The van der Waals surface area contributed by atoms with Crippen molar-refractivity contribution in [2.45, 2.75) is 32.7 Å². The second-order valence-corrected chi connectivity index (χ2v) is 7.22. The second kappa shape index (κ2) is 9.57. The molecule has 0 bridgehead atoms. The number of nitrogens with zero attached hydrogens (tertiary/aromatic N) is 3. The van der Waals surface area contributed by atoms with Crippen LogP contribution >= 0.6 is 0 Å². The predicted molar refractivity (Wildman–Crippen MR) is 92.4 cm³/mol. The van der Waals surface area contributed by atoms with Gasteiger partial charge in [0.1, 0.15) is 0 Å². The van der Waals surface area contributed by atoms with E-state index in [1.807, 2.05) is 0 Å². The van der Waals surface area contributed by atoms with Gasteiger partial charge < -0.3 is 20.2 Å². The number of nitrogens with one attached hydrogen (secondary N) is 1. The summed E-state index contributed by atoms with van der Waals surface area (Å²) in [5, 5.41) is 11.4. The number of rotatable bonds is 7. The van der Waals surface area contributed by atoms with E-state index >= 15 is 0 Å². The molecule has 23 heavy (non-hydrogen) atoms. The Kier molecular flexibility index (Phi) is 7.76. The Labute approximate surface area is 140 Å². The monoisotopic (exact) mass is 326 g/mol. The fourth-order valence-electron chi connectivity index (χ4n) is 3.60. The fraction of sp³-hybridized carbons (Fsp3) is 0.941. The van der Waals surface area contributed by atoms with Crippen LogP contribution in [0.4, 0.5) is 0 Å². The van der Waals surface area contributed by atoms with Gasteiger partial charge in [-0.1, -0.05) is 0 Å². The molecular formula is C17H34N4O2. The van der Waals surface area contributed by atoms with E-state index in [2.05, 4.69) is 33.9 Å². The quantitative estimate of drug-likeness (QED) is 0.680. The third-order valence-corrected chi connectivity index (χ3v) is 5.16. The van der Waals surface area contributed by atoms with Crippen LogP contribution in [0.5, 0.6) is 0 Å². The first-order chi connectivity index (χ1) is 11.1. The van der Waals surface area contributed by atoms with Gasteiger partial charge in [0, 0.05) is 45.3 Å². The molecule has 0 saturated carbocycles. The first kappa shape index (κ1) is 18.6. The van der Waals surface area contributed by atoms with Gasteiger partial charge in [-0.25, -0.2) is 0 Å². The Morgan fingerprint density at radius 2 is 1.70 bits per heavy atom. The zero-order chi connectivity index (χ0) is 16.7. The molecule has 2 aliphatic rings. The van der Waals surface area contributed by atoms with E-state index in [1.54, 1.807) is 0 Å². The summed E-state index contributed by atoms with van der Waals surface area (Å²) in [6.45, 7) is 13.2. The van der Waals surface area contributed by atoms with E-state index in [1.165, 1.54) is 32.5 Å². The molecule has 0 spiro atoms. The smallest absolute Gasteiger partial charge is 0.234 e. The van der Waals surface area contributed by atoms with Crippen molar-refractivity contribution in [3.8, 4) is 0 Å². The Morgan fingerprint density at radius 1 is 1.09 bits per heavy atom. The van der Waals surface area contributed by atoms with Crippen LogP contribution in [0.2, 0.25) is 0 Å². The normalized spacial score (nSPS) is 22.6. The number of carbonyl (C=O) groups is 1. The number of hydrogen-bond acceptors (Lipinski definition) is 5. The molecule has 0 aromatic rings. The minimum absolute atomic E-state index is 0.00907. The summed E-state index contributed by atoms with van der Waals surface area (Å²) in [6, 6.07) is 0.677. The molecule has 134 valence electrons. The zero-order valence-corrected chi connectivity index (χ0v) is 14.8. The first-order valence-electron chi connectivity index (χ1n) is 9.14. The zero-order valence-electron chi connectivity index (χ0n) is 14.8. The van der Waals surface area contributed by atoms with E-state index < -0.39 is 0 Å². The number of piperidine rings is 1. The van der Waals surface area contributed by atoms with Gasteiger partial charge in [-0.3, -0.25) is 9.69 Å². The minimum Gasteiger partial charge on any atom is -0.395 e. The molecule has 2 aliphatic heterocycles. The number of aliphatic hydroxyl groups excluding tert-OH is 1. The van der Waals surface area contributed by atoms with Crippen molar-refractivity contribution in [2.75, 3.05) is 65.5 Å². The lowest BCUT2D eigenvalue weighted by molar-refractivity contribution is -0.122. The molecule has 6 nitrogen and oxygen atoms in total. The minimum atomic E-state index is 0.00907. The Balaban J connectivity index is 1.61. The second-order valence-electron chi connectivity index (χ2n) is 7.22. The summed E-state index contributed by atoms with van der Waals surface area (Å²) in [5.74, 6) is 0.859. The third kappa shape index (κ3) is 6.37. The Hall–Kier alpha value is -0.690. The van der Waals surface area contributed by atoms with Crippen molar-refractivity contribution in [3.05, 3.63) is 0 Å². The maximum Gasteiger partial charge on any atom is 0.234 e. The van der Waals surface area contributed by atoms with Crippen molar-refractivity contribution in [1.29, 1.82) is 0 Å². The van der Waals surface area contributed by atoms with Gasteiger partial charge in [-0.15, -0.1) is 0 Å². The summed E-state index contributed by atoms with van der Waals surface area (Å²) >= 11 is 0. The van der Waals surface area contributed by atoms with Gasteiger partial charge in [0.25, 0.3) is 0 Å². The van der Waals surface area contributed by atoms with Crippen molar-refractivity contribution < 1.29 is 9.90 Å². The highest BCUT2D eigenvalue weighted by Crippen LogP contribution is 2.20. The van der Waals surface area contributed by atoms with Crippen LogP contribution < -0.4 is 5.32 Å². The number of carbonyl (C=O) groups excluding carboxylic acids is 1. The van der Waals surface area contributed by atoms with E-state index in [4.69, 9.17) is 5.11 Å². The molecule has 2 rings (SSSR count). The van der Waals surface area contributed by atoms with Crippen LogP contribution in [0.15, 0.2) is 0 Å². The molecule has 2 saturated heterocycles. The number of amides is 1. The van der Waals surface area contributed by atoms with Crippen LogP contribution in [-0.4, -0.2) is 97.3 Å². The van der Waals surface area contributed by atoms with Crippen molar-refractivity contribution in [3.63, 3.8) is 0 Å². The molecule has 2 N–H and O–H groups in total. The average Bonchev–Trinajstić information content (AvgIpc) is 2.55. The van der Waals surface area contributed by atoms with Crippen LogP contribution in [0, 0.1) is 5.92 Å². The van der Waals surface area contributed by atoms with E-state index in [-0.39, 0.29) is 12.5 Å². The molecular weight excluding hydrogens is 292 g/mol. The molecule has 2 heterocycles. The SMILES string of the molecule is CC(C)N1CCC(CN2CCN(CC(=O)NCCO)CC2)CC1. The molecule has 0 atom stereocenters. The van der Waals surface area contributed by atoms with Crippen LogP contribution in [-0.2, 0) is 4.79 Å². The molecule has 0 unspecified atom stereocenters. The fourth-order valence-corrected chi connectivity index (χ4v) is 3.60. The van der Waals surface area contributed by atoms with Gasteiger partial charge in [0.05, 0.1) is 13.2 Å². The molecule has 1 amide bonds.